The van der Waals surface area contributed by atoms with Crippen molar-refractivity contribution in [1.29, 1.82) is 0 Å². The van der Waals surface area contributed by atoms with Gasteiger partial charge in [-0.05, 0) is 47.9 Å². The van der Waals surface area contributed by atoms with Gasteiger partial charge in [-0.3, -0.25) is 9.59 Å². The lowest BCUT2D eigenvalue weighted by molar-refractivity contribution is -0.141. The molecule has 1 aliphatic carbocycles. The molecule has 0 saturated carbocycles. The van der Waals surface area contributed by atoms with Crippen LogP contribution in [0.5, 0.6) is 11.5 Å². The minimum absolute atomic E-state index is 0.171. The fourth-order valence-corrected chi connectivity index (χ4v) is 3.60. The van der Waals surface area contributed by atoms with E-state index in [1.165, 1.54) is 20.1 Å². The highest BCUT2D eigenvalue weighted by Gasteiger charge is 2.49. The molecule has 2 aliphatic rings. The van der Waals surface area contributed by atoms with E-state index in [1.54, 1.807) is 37.3 Å². The predicted octanol–water partition coefficient (Wildman–Crippen LogP) is 1.97. The lowest BCUT2D eigenvalue weighted by Gasteiger charge is -2.45. The van der Waals surface area contributed by atoms with E-state index in [2.05, 4.69) is 0 Å². The first kappa shape index (κ1) is 17.1. The summed E-state index contributed by atoms with van der Waals surface area (Å²) in [5.74, 6) is 1.30. The van der Waals surface area contributed by atoms with Crippen LogP contribution in [0.25, 0.3) is 0 Å². The average Bonchev–Trinajstić information content (AvgIpc) is 2.62. The Morgan fingerprint density at radius 1 is 1.08 bits per heavy atom. The van der Waals surface area contributed by atoms with E-state index in [1.807, 2.05) is 6.07 Å². The second kappa shape index (κ2) is 6.27. The molecule has 1 spiro atoms. The zero-order chi connectivity index (χ0) is 18.2. The maximum absolute atomic E-state index is 13.0. The molecule has 3 rings (SSSR count). The van der Waals surface area contributed by atoms with Crippen LogP contribution in [0.3, 0.4) is 0 Å². The molecule has 25 heavy (non-hydrogen) atoms. The van der Waals surface area contributed by atoms with Crippen LogP contribution in [-0.4, -0.2) is 44.5 Å². The predicted molar refractivity (Wildman–Crippen MR) is 91.6 cm³/mol. The second-order valence-electron chi connectivity index (χ2n) is 6.00. The summed E-state index contributed by atoms with van der Waals surface area (Å²) in [5.41, 5.74) is 0.444. The summed E-state index contributed by atoms with van der Waals surface area (Å²) in [7, 11) is 4.65. The van der Waals surface area contributed by atoms with Gasteiger partial charge in [0.2, 0.25) is 5.91 Å². The van der Waals surface area contributed by atoms with E-state index >= 15 is 0 Å². The lowest BCUT2D eigenvalue weighted by Crippen LogP contribution is -2.56. The number of rotatable bonds is 3. The Labute approximate surface area is 146 Å². The van der Waals surface area contributed by atoms with Crippen LogP contribution in [0.2, 0.25) is 0 Å². The fourth-order valence-electron chi connectivity index (χ4n) is 3.60. The molecule has 1 aromatic rings. The quantitative estimate of drug-likeness (QED) is 0.840. The third-order valence-corrected chi connectivity index (χ3v) is 4.79. The Balaban J connectivity index is 2.31. The highest BCUT2D eigenvalue weighted by atomic mass is 16.5. The smallest absolute Gasteiger partial charge is 0.220 e. The highest BCUT2D eigenvalue weighted by Crippen LogP contribution is 2.45. The highest BCUT2D eigenvalue weighted by molar-refractivity contribution is 6.04. The largest absolute Gasteiger partial charge is 0.497 e. The van der Waals surface area contributed by atoms with Gasteiger partial charge in [-0.15, -0.1) is 0 Å². The summed E-state index contributed by atoms with van der Waals surface area (Å²) in [5, 5.41) is 0. The third-order valence-electron chi connectivity index (χ3n) is 4.79. The fraction of sp³-hybridized carbons (Fsp3) is 0.368. The van der Waals surface area contributed by atoms with Gasteiger partial charge in [0, 0.05) is 13.5 Å². The molecule has 0 saturated heterocycles. The van der Waals surface area contributed by atoms with Gasteiger partial charge in [-0.1, -0.05) is 0 Å². The number of carbonyl (C=O) groups excluding carboxylic acids is 2. The molecule has 0 aromatic heterocycles. The van der Waals surface area contributed by atoms with E-state index in [0.29, 0.717) is 30.2 Å². The number of ether oxygens (including phenoxy) is 3. The minimum Gasteiger partial charge on any atom is -0.497 e. The maximum atomic E-state index is 13.0. The summed E-state index contributed by atoms with van der Waals surface area (Å²) in [6.07, 6.45) is 5.41. The Kier molecular flexibility index (Phi) is 4.29. The molecular formula is C19H21NO5. The van der Waals surface area contributed by atoms with Gasteiger partial charge in [0.05, 0.1) is 21.3 Å². The van der Waals surface area contributed by atoms with Gasteiger partial charge in [0.1, 0.15) is 5.76 Å². The Morgan fingerprint density at radius 3 is 2.36 bits per heavy atom. The van der Waals surface area contributed by atoms with Crippen LogP contribution >= 0.6 is 0 Å². The summed E-state index contributed by atoms with van der Waals surface area (Å²) in [6.45, 7) is 1.91. The van der Waals surface area contributed by atoms with Gasteiger partial charge in [-0.2, -0.15) is 0 Å². The van der Waals surface area contributed by atoms with E-state index in [9.17, 15) is 9.59 Å². The first-order valence-corrected chi connectivity index (χ1v) is 8.01. The van der Waals surface area contributed by atoms with Crippen molar-refractivity contribution in [3.63, 3.8) is 0 Å². The number of hydrogen-bond acceptors (Lipinski definition) is 5. The molecular weight excluding hydrogens is 322 g/mol. The van der Waals surface area contributed by atoms with Crippen molar-refractivity contribution in [3.8, 4) is 11.5 Å². The standard InChI is InChI=1S/C19H21NO5/c1-12(21)20-8-7-13-9-16(24-3)17(25-4)10-15(13)19(20)11-14(23-2)5-6-18(19)22/h5-6,9-11H,7-8H2,1-4H3/t19-/m1/s1. The summed E-state index contributed by atoms with van der Waals surface area (Å²) in [6, 6.07) is 3.66. The minimum atomic E-state index is -1.22. The number of hydrogen-bond donors (Lipinski definition) is 0. The van der Waals surface area contributed by atoms with E-state index in [4.69, 9.17) is 14.2 Å². The summed E-state index contributed by atoms with van der Waals surface area (Å²) < 4.78 is 16.1. The van der Waals surface area contributed by atoms with Crippen molar-refractivity contribution in [1.82, 2.24) is 4.90 Å². The van der Waals surface area contributed by atoms with Crippen molar-refractivity contribution in [3.05, 3.63) is 47.2 Å². The van der Waals surface area contributed by atoms with Crippen LogP contribution < -0.4 is 9.47 Å². The van der Waals surface area contributed by atoms with Crippen LogP contribution in [0.4, 0.5) is 0 Å². The van der Waals surface area contributed by atoms with Crippen molar-refractivity contribution in [2.45, 2.75) is 18.9 Å². The molecule has 1 amide bonds. The van der Waals surface area contributed by atoms with Gasteiger partial charge < -0.3 is 19.1 Å². The lowest BCUT2D eigenvalue weighted by atomic mass is 9.75. The van der Waals surface area contributed by atoms with Gasteiger partial charge in [0.25, 0.3) is 0 Å². The maximum Gasteiger partial charge on any atom is 0.220 e. The van der Waals surface area contributed by atoms with E-state index in [0.717, 1.165) is 11.1 Å². The molecule has 1 aromatic carbocycles. The van der Waals surface area contributed by atoms with Crippen molar-refractivity contribution in [2.24, 2.45) is 0 Å². The number of allylic oxidation sites excluding steroid dienone is 1. The molecule has 1 heterocycles. The van der Waals surface area contributed by atoms with Gasteiger partial charge >= 0.3 is 0 Å². The SMILES string of the molecule is COC1=C[C@]2(C(=O)C=C1)c1cc(OC)c(OC)cc1CCN2C(C)=O. The third kappa shape index (κ3) is 2.49. The van der Waals surface area contributed by atoms with Crippen LogP contribution in [0.15, 0.2) is 36.1 Å². The number of carbonyl (C=O) groups is 2. The second-order valence-corrected chi connectivity index (χ2v) is 6.00. The average molecular weight is 343 g/mol. The molecule has 0 bridgehead atoms. The molecule has 1 aliphatic heterocycles. The number of fused-ring (bicyclic) bond motifs is 2. The molecule has 1 atom stereocenters. The zero-order valence-corrected chi connectivity index (χ0v) is 14.8. The van der Waals surface area contributed by atoms with Crippen molar-refractivity contribution in [2.75, 3.05) is 27.9 Å². The Morgan fingerprint density at radius 2 is 1.76 bits per heavy atom. The first-order chi connectivity index (χ1) is 12.0. The van der Waals surface area contributed by atoms with Crippen LogP contribution in [0.1, 0.15) is 18.1 Å². The topological polar surface area (TPSA) is 65.1 Å². The molecule has 0 unspecified atom stereocenters. The number of ketones is 1. The normalized spacial score (nSPS) is 21.7. The Bertz CT molecular complexity index is 795. The molecule has 6 heteroatoms. The van der Waals surface area contributed by atoms with Crippen LogP contribution in [0, 0.1) is 0 Å². The number of amides is 1. The summed E-state index contributed by atoms with van der Waals surface area (Å²) >= 11 is 0. The first-order valence-electron chi connectivity index (χ1n) is 8.01. The summed E-state index contributed by atoms with van der Waals surface area (Å²) in [4.78, 5) is 26.9. The number of benzene rings is 1. The monoisotopic (exact) mass is 343 g/mol. The number of methoxy groups -OCH3 is 3. The van der Waals surface area contributed by atoms with Gasteiger partial charge in [0.15, 0.2) is 22.8 Å². The van der Waals surface area contributed by atoms with Crippen LogP contribution in [-0.2, 0) is 26.3 Å². The van der Waals surface area contributed by atoms with E-state index < -0.39 is 5.54 Å². The molecule has 6 nitrogen and oxygen atoms in total. The Hall–Kier alpha value is -2.76. The molecule has 132 valence electrons. The molecule has 0 N–H and O–H groups in total. The molecule has 0 fully saturated rings. The van der Waals surface area contributed by atoms with Gasteiger partial charge in [-0.25, -0.2) is 0 Å². The van der Waals surface area contributed by atoms with E-state index in [-0.39, 0.29) is 11.7 Å². The number of nitrogens with zero attached hydrogens (tertiary/aromatic N) is 1. The van der Waals surface area contributed by atoms with Crippen molar-refractivity contribution >= 4 is 11.7 Å². The molecule has 0 radical (unpaired) electrons. The van der Waals surface area contributed by atoms with Crippen molar-refractivity contribution < 1.29 is 23.8 Å². The zero-order valence-electron chi connectivity index (χ0n) is 14.8.